The zero-order valence-electron chi connectivity index (χ0n) is 18.8. The number of aliphatic hydroxyl groups excluding tert-OH is 1. The molecule has 0 spiro atoms. The lowest BCUT2D eigenvalue weighted by Crippen LogP contribution is -2.67. The second kappa shape index (κ2) is 9.54. The summed E-state index contributed by atoms with van der Waals surface area (Å²) in [5.74, 6) is -0.741. The molecule has 0 bridgehead atoms. The highest BCUT2D eigenvalue weighted by Crippen LogP contribution is 2.43. The number of nitrogens with zero attached hydrogens (tertiary/aromatic N) is 3. The summed E-state index contributed by atoms with van der Waals surface area (Å²) in [6, 6.07) is 17.5. The summed E-state index contributed by atoms with van der Waals surface area (Å²) in [5.41, 5.74) is 3.14. The number of rotatable bonds is 5. The molecule has 0 amide bonds. The van der Waals surface area contributed by atoms with Gasteiger partial charge < -0.3 is 5.11 Å². The molecule has 8 heteroatoms. The van der Waals surface area contributed by atoms with Crippen molar-refractivity contribution in [3.05, 3.63) is 84.4 Å². The van der Waals surface area contributed by atoms with Crippen LogP contribution in [0.1, 0.15) is 24.3 Å². The third kappa shape index (κ3) is 4.15. The minimum Gasteiger partial charge on any atom is -0.395 e. The van der Waals surface area contributed by atoms with Crippen molar-refractivity contribution in [2.45, 2.75) is 35.7 Å². The van der Waals surface area contributed by atoms with Gasteiger partial charge in [-0.2, -0.15) is 4.31 Å². The van der Waals surface area contributed by atoms with Crippen molar-refractivity contribution in [3.8, 4) is 11.1 Å². The molecule has 0 saturated carbocycles. The molecule has 2 aliphatic rings. The minimum absolute atomic E-state index is 0.00554. The molecule has 3 aromatic rings. The Labute approximate surface area is 199 Å². The van der Waals surface area contributed by atoms with Gasteiger partial charge in [0.2, 0.25) is 10.0 Å². The van der Waals surface area contributed by atoms with Crippen molar-refractivity contribution in [3.63, 3.8) is 0 Å². The molecule has 178 valence electrons. The van der Waals surface area contributed by atoms with Crippen molar-refractivity contribution in [2.75, 3.05) is 26.2 Å². The van der Waals surface area contributed by atoms with Crippen LogP contribution in [-0.2, 0) is 10.0 Å². The summed E-state index contributed by atoms with van der Waals surface area (Å²) in [4.78, 5) is 6.11. The first-order valence-corrected chi connectivity index (χ1v) is 13.1. The normalized spacial score (nSPS) is 24.0. The van der Waals surface area contributed by atoms with Crippen molar-refractivity contribution in [2.24, 2.45) is 0 Å². The second-order valence-electron chi connectivity index (χ2n) is 8.95. The first-order valence-electron chi connectivity index (χ1n) is 11.6. The van der Waals surface area contributed by atoms with Gasteiger partial charge in [0.25, 0.3) is 0 Å². The Kier molecular flexibility index (Phi) is 6.48. The summed E-state index contributed by atoms with van der Waals surface area (Å²) < 4.78 is 42.5. The quantitative estimate of drug-likeness (QED) is 0.604. The Morgan fingerprint density at radius 3 is 2.44 bits per heavy atom. The van der Waals surface area contributed by atoms with Gasteiger partial charge in [-0.1, -0.05) is 42.5 Å². The van der Waals surface area contributed by atoms with Crippen LogP contribution in [0.25, 0.3) is 11.1 Å². The van der Waals surface area contributed by atoms with Crippen molar-refractivity contribution >= 4 is 10.0 Å². The maximum Gasteiger partial charge on any atom is 0.246 e. The maximum atomic E-state index is 14.4. The van der Waals surface area contributed by atoms with E-state index < -0.39 is 15.8 Å². The fourth-order valence-electron chi connectivity index (χ4n) is 5.35. The molecular formula is C26H28FN3O3S. The summed E-state index contributed by atoms with van der Waals surface area (Å²) in [7, 11) is -3.97. The van der Waals surface area contributed by atoms with Crippen LogP contribution < -0.4 is 0 Å². The fraction of sp³-hybridized carbons (Fsp3) is 0.346. The van der Waals surface area contributed by atoms with Gasteiger partial charge >= 0.3 is 0 Å². The predicted octanol–water partition coefficient (Wildman–Crippen LogP) is 3.50. The molecule has 3 atom stereocenters. The van der Waals surface area contributed by atoms with E-state index in [0.717, 1.165) is 29.7 Å². The van der Waals surface area contributed by atoms with E-state index in [-0.39, 0.29) is 36.0 Å². The minimum atomic E-state index is -3.97. The van der Waals surface area contributed by atoms with E-state index in [9.17, 15) is 17.9 Å². The summed E-state index contributed by atoms with van der Waals surface area (Å²) in [5, 5.41) is 10.2. The Balaban J connectivity index is 1.44. The standard InChI is InChI=1S/C26H28FN3O3S/c27-22-7-1-2-8-25(22)34(32,33)29-14-3-4-15-30-23(17-29)26(24(30)18-31)20-11-9-19(10-12-20)21-6-5-13-28-16-21/h1-2,5-13,16,23-24,26,31H,3-4,14-15,17-18H2/t23-,24+,26+/m1/s1. The average molecular weight is 482 g/mol. The zero-order chi connectivity index (χ0) is 23.7. The molecular weight excluding hydrogens is 453 g/mol. The van der Waals surface area contributed by atoms with E-state index >= 15 is 0 Å². The lowest BCUT2D eigenvalue weighted by Gasteiger charge is -2.57. The molecule has 0 aliphatic carbocycles. The molecule has 2 fully saturated rings. The molecule has 1 N–H and O–H groups in total. The molecule has 3 heterocycles. The van der Waals surface area contributed by atoms with E-state index in [2.05, 4.69) is 22.0 Å². The fourth-order valence-corrected chi connectivity index (χ4v) is 6.91. The summed E-state index contributed by atoms with van der Waals surface area (Å²) >= 11 is 0. The second-order valence-corrected chi connectivity index (χ2v) is 10.9. The number of aliphatic hydroxyl groups is 1. The van der Waals surface area contributed by atoms with Crippen LogP contribution in [0.5, 0.6) is 0 Å². The van der Waals surface area contributed by atoms with Gasteiger partial charge in [-0.25, -0.2) is 12.8 Å². The van der Waals surface area contributed by atoms with Crippen molar-refractivity contribution in [1.82, 2.24) is 14.2 Å². The number of fused-ring (bicyclic) bond motifs is 1. The number of sulfonamides is 1. The summed E-state index contributed by atoms with van der Waals surface area (Å²) in [6.07, 6.45) is 5.07. The van der Waals surface area contributed by atoms with Crippen LogP contribution in [0.15, 0.2) is 78.0 Å². The number of halogens is 1. The van der Waals surface area contributed by atoms with Crippen LogP contribution in [0, 0.1) is 5.82 Å². The van der Waals surface area contributed by atoms with E-state index in [1.165, 1.54) is 22.5 Å². The monoisotopic (exact) mass is 481 g/mol. The first kappa shape index (κ1) is 23.1. The van der Waals surface area contributed by atoms with Crippen molar-refractivity contribution < 1.29 is 17.9 Å². The molecule has 1 aromatic heterocycles. The third-order valence-corrected chi connectivity index (χ3v) is 8.98. The highest BCUT2D eigenvalue weighted by Gasteiger charge is 2.50. The Morgan fingerprint density at radius 2 is 1.74 bits per heavy atom. The summed E-state index contributed by atoms with van der Waals surface area (Å²) in [6.45, 7) is 1.44. The largest absolute Gasteiger partial charge is 0.395 e. The number of aromatic nitrogens is 1. The van der Waals surface area contributed by atoms with E-state index in [1.54, 1.807) is 12.3 Å². The molecule has 0 unspecified atom stereocenters. The lowest BCUT2D eigenvalue weighted by atomic mass is 9.74. The molecule has 34 heavy (non-hydrogen) atoms. The van der Waals surface area contributed by atoms with Gasteiger partial charge in [-0.15, -0.1) is 0 Å². The topological polar surface area (TPSA) is 73.7 Å². The van der Waals surface area contributed by atoms with Crippen molar-refractivity contribution in [1.29, 1.82) is 0 Å². The van der Waals surface area contributed by atoms with Gasteiger partial charge in [-0.05, 0) is 54.3 Å². The molecule has 5 rings (SSSR count). The van der Waals surface area contributed by atoms with E-state index in [4.69, 9.17) is 0 Å². The zero-order valence-corrected chi connectivity index (χ0v) is 19.6. The molecule has 6 nitrogen and oxygen atoms in total. The van der Waals surface area contributed by atoms with Gasteiger partial charge in [0.1, 0.15) is 10.7 Å². The predicted molar refractivity (Wildman–Crippen MR) is 128 cm³/mol. The highest BCUT2D eigenvalue weighted by molar-refractivity contribution is 7.89. The molecule has 2 aliphatic heterocycles. The molecule has 0 radical (unpaired) electrons. The Hall–Kier alpha value is -2.65. The first-order chi connectivity index (χ1) is 16.5. The van der Waals surface area contributed by atoms with Gasteiger partial charge in [0, 0.05) is 43.5 Å². The Bertz CT molecular complexity index is 1240. The van der Waals surface area contributed by atoms with Crippen LogP contribution in [0.2, 0.25) is 0 Å². The highest BCUT2D eigenvalue weighted by atomic mass is 32.2. The smallest absolute Gasteiger partial charge is 0.246 e. The molecule has 2 aromatic carbocycles. The molecule has 2 saturated heterocycles. The number of pyridine rings is 1. The van der Waals surface area contributed by atoms with Crippen LogP contribution in [-0.4, -0.2) is 66.0 Å². The lowest BCUT2D eigenvalue weighted by molar-refractivity contribution is -0.0554. The number of benzene rings is 2. The van der Waals surface area contributed by atoms with E-state index in [1.807, 2.05) is 30.5 Å². The number of hydrogen-bond donors (Lipinski definition) is 1. The SMILES string of the molecule is O=S(=O)(c1ccccc1F)N1CCCCN2[C@H](C1)[C@H](c1ccc(-c3cccnc3)cc1)[C@@H]2CO. The Morgan fingerprint density at radius 1 is 0.971 bits per heavy atom. The van der Waals surface area contributed by atoms with Gasteiger partial charge in [0.05, 0.1) is 6.61 Å². The van der Waals surface area contributed by atoms with Gasteiger partial charge in [-0.3, -0.25) is 9.88 Å². The third-order valence-electron chi connectivity index (χ3n) is 7.08. The average Bonchev–Trinajstić information content (AvgIpc) is 2.84. The van der Waals surface area contributed by atoms with E-state index in [0.29, 0.717) is 13.0 Å². The van der Waals surface area contributed by atoms with Gasteiger partial charge in [0.15, 0.2) is 0 Å². The van der Waals surface area contributed by atoms with Crippen LogP contribution >= 0.6 is 0 Å². The van der Waals surface area contributed by atoms with Crippen LogP contribution in [0.3, 0.4) is 0 Å². The maximum absolute atomic E-state index is 14.4. The number of hydrogen-bond acceptors (Lipinski definition) is 5. The van der Waals surface area contributed by atoms with Crippen LogP contribution in [0.4, 0.5) is 4.39 Å².